The van der Waals surface area contributed by atoms with Gasteiger partial charge < -0.3 is 19.4 Å². The van der Waals surface area contributed by atoms with Gasteiger partial charge in [0.2, 0.25) is 0 Å². The number of rotatable bonds is 6. The number of nitrogens with one attached hydrogen (secondary N) is 2. The summed E-state index contributed by atoms with van der Waals surface area (Å²) in [4.78, 5) is 17.8. The molecule has 0 unspecified atom stereocenters. The lowest BCUT2D eigenvalue weighted by molar-refractivity contribution is 0.0342. The highest BCUT2D eigenvalue weighted by Crippen LogP contribution is 2.31. The molecule has 3 aromatic rings. The van der Waals surface area contributed by atoms with Gasteiger partial charge in [-0.15, -0.1) is 0 Å². The van der Waals surface area contributed by atoms with Gasteiger partial charge in [0.15, 0.2) is 5.76 Å². The van der Waals surface area contributed by atoms with Crippen LogP contribution in [0.1, 0.15) is 35.4 Å². The molecule has 2 fully saturated rings. The molecule has 0 aliphatic carbocycles. The summed E-state index contributed by atoms with van der Waals surface area (Å²) in [6.07, 6.45) is 7.01. The molecule has 1 amide bonds. The van der Waals surface area contributed by atoms with Crippen LogP contribution in [0.2, 0.25) is 0 Å². The third-order valence-electron chi connectivity index (χ3n) is 6.13. The van der Waals surface area contributed by atoms with Crippen molar-refractivity contribution in [3.8, 4) is 11.3 Å². The van der Waals surface area contributed by atoms with Crippen molar-refractivity contribution in [2.45, 2.75) is 25.8 Å². The van der Waals surface area contributed by atoms with Crippen LogP contribution in [0, 0.1) is 0 Å². The maximum atomic E-state index is 13.0. The number of carbonyl (C=O) groups excluding carboxylic acids is 1. The number of ether oxygens (including phenoxy) is 1. The molecule has 0 spiro atoms. The minimum absolute atomic E-state index is 0.251. The number of hydrogen-bond acceptors (Lipinski definition) is 6. The summed E-state index contributed by atoms with van der Waals surface area (Å²) in [6, 6.07) is 9.85. The van der Waals surface area contributed by atoms with Crippen molar-refractivity contribution < 1.29 is 13.9 Å². The normalized spacial score (nSPS) is 17.4. The topological polar surface area (TPSA) is 86.6 Å². The standard InChI is InChI=1S/C24H29N5O3/c30-24(23-7-6-22(32-23)19-15-25-26-16-19)27-20-5-4-18(17-28-10-12-31-13-11-28)14-21(20)29-8-2-1-3-9-29/h4-7,14-16H,1-3,8-13,17H2,(H,25,26)(H,27,30). The summed E-state index contributed by atoms with van der Waals surface area (Å²) in [5.41, 5.74) is 3.98. The predicted octanol–water partition coefficient (Wildman–Crippen LogP) is 3.74. The van der Waals surface area contributed by atoms with Crippen molar-refractivity contribution >= 4 is 17.3 Å². The number of piperidine rings is 1. The average molecular weight is 436 g/mol. The van der Waals surface area contributed by atoms with Gasteiger partial charge in [0.05, 0.1) is 36.3 Å². The van der Waals surface area contributed by atoms with E-state index in [0.29, 0.717) is 5.76 Å². The molecule has 2 aliphatic heterocycles. The fourth-order valence-electron chi connectivity index (χ4n) is 4.38. The Kier molecular flexibility index (Phi) is 6.22. The van der Waals surface area contributed by atoms with Gasteiger partial charge in [-0.2, -0.15) is 5.10 Å². The Bertz CT molecular complexity index is 1030. The average Bonchev–Trinajstić information content (AvgIpc) is 3.54. The van der Waals surface area contributed by atoms with Crippen LogP contribution in [-0.2, 0) is 11.3 Å². The molecule has 168 valence electrons. The lowest BCUT2D eigenvalue weighted by Gasteiger charge is -2.32. The fraction of sp³-hybridized carbons (Fsp3) is 0.417. The highest BCUT2D eigenvalue weighted by Gasteiger charge is 2.20. The van der Waals surface area contributed by atoms with Gasteiger partial charge in [0.1, 0.15) is 5.76 Å². The van der Waals surface area contributed by atoms with Gasteiger partial charge in [-0.05, 0) is 49.1 Å². The van der Waals surface area contributed by atoms with E-state index in [1.165, 1.54) is 24.8 Å². The van der Waals surface area contributed by atoms with E-state index >= 15 is 0 Å². The maximum absolute atomic E-state index is 13.0. The minimum atomic E-state index is -0.251. The second kappa shape index (κ2) is 9.58. The molecule has 32 heavy (non-hydrogen) atoms. The van der Waals surface area contributed by atoms with Crippen molar-refractivity contribution in [3.63, 3.8) is 0 Å². The number of morpholine rings is 1. The van der Waals surface area contributed by atoms with Crippen molar-refractivity contribution in [1.82, 2.24) is 15.1 Å². The molecule has 8 heteroatoms. The molecule has 2 N–H and O–H groups in total. The van der Waals surface area contributed by atoms with Gasteiger partial charge in [0.25, 0.3) is 5.91 Å². The van der Waals surface area contributed by atoms with E-state index < -0.39 is 0 Å². The summed E-state index contributed by atoms with van der Waals surface area (Å²) in [6.45, 7) is 6.40. The zero-order valence-corrected chi connectivity index (χ0v) is 18.2. The number of aromatic nitrogens is 2. The number of nitrogens with zero attached hydrogens (tertiary/aromatic N) is 3. The number of carbonyl (C=O) groups is 1. The summed E-state index contributed by atoms with van der Waals surface area (Å²) < 4.78 is 11.2. The van der Waals surface area contributed by atoms with E-state index in [4.69, 9.17) is 9.15 Å². The molecule has 2 aromatic heterocycles. The van der Waals surface area contributed by atoms with Crippen LogP contribution >= 0.6 is 0 Å². The molecular formula is C24H29N5O3. The first-order chi connectivity index (χ1) is 15.8. The van der Waals surface area contributed by atoms with Crippen molar-refractivity contribution in [3.05, 3.63) is 54.0 Å². The zero-order chi connectivity index (χ0) is 21.8. The zero-order valence-electron chi connectivity index (χ0n) is 18.2. The second-order valence-corrected chi connectivity index (χ2v) is 8.39. The highest BCUT2D eigenvalue weighted by molar-refractivity contribution is 6.04. The van der Waals surface area contributed by atoms with E-state index in [2.05, 4.69) is 37.4 Å². The van der Waals surface area contributed by atoms with E-state index in [-0.39, 0.29) is 11.7 Å². The summed E-state index contributed by atoms with van der Waals surface area (Å²) in [5.74, 6) is 0.642. The Morgan fingerprint density at radius 2 is 1.91 bits per heavy atom. The molecule has 5 rings (SSSR count). The third kappa shape index (κ3) is 4.71. The lowest BCUT2D eigenvalue weighted by atomic mass is 10.1. The van der Waals surface area contributed by atoms with Gasteiger partial charge in [-0.25, -0.2) is 0 Å². The first-order valence-electron chi connectivity index (χ1n) is 11.3. The molecule has 0 saturated carbocycles. The molecule has 2 saturated heterocycles. The molecule has 4 heterocycles. The maximum Gasteiger partial charge on any atom is 0.291 e. The number of aromatic amines is 1. The van der Waals surface area contributed by atoms with Crippen LogP contribution in [0.25, 0.3) is 11.3 Å². The van der Waals surface area contributed by atoms with Gasteiger partial charge in [-0.1, -0.05) is 6.07 Å². The molecule has 0 atom stereocenters. The monoisotopic (exact) mass is 435 g/mol. The van der Waals surface area contributed by atoms with Crippen LogP contribution in [0.4, 0.5) is 11.4 Å². The Labute approximate surface area is 187 Å². The number of H-pyrrole nitrogens is 1. The molecule has 1 aromatic carbocycles. The number of furan rings is 1. The van der Waals surface area contributed by atoms with Gasteiger partial charge in [-0.3, -0.25) is 14.8 Å². The van der Waals surface area contributed by atoms with Crippen LogP contribution in [0.15, 0.2) is 47.1 Å². The van der Waals surface area contributed by atoms with E-state index in [0.717, 1.165) is 62.9 Å². The van der Waals surface area contributed by atoms with Gasteiger partial charge >= 0.3 is 0 Å². The number of benzene rings is 1. The summed E-state index contributed by atoms with van der Waals surface area (Å²) in [7, 11) is 0. The quantitative estimate of drug-likeness (QED) is 0.613. The van der Waals surface area contributed by atoms with Crippen LogP contribution in [0.3, 0.4) is 0 Å². The Morgan fingerprint density at radius 1 is 1.06 bits per heavy atom. The summed E-state index contributed by atoms with van der Waals surface area (Å²) in [5, 5.41) is 9.77. The predicted molar refractivity (Wildman–Crippen MR) is 123 cm³/mol. The Hall–Kier alpha value is -3.10. The van der Waals surface area contributed by atoms with Crippen molar-refractivity contribution in [1.29, 1.82) is 0 Å². The molecule has 0 radical (unpaired) electrons. The first-order valence-corrected chi connectivity index (χ1v) is 11.3. The van der Waals surface area contributed by atoms with E-state index in [1.54, 1.807) is 24.5 Å². The highest BCUT2D eigenvalue weighted by atomic mass is 16.5. The summed E-state index contributed by atoms with van der Waals surface area (Å²) >= 11 is 0. The van der Waals surface area contributed by atoms with Crippen LogP contribution < -0.4 is 10.2 Å². The van der Waals surface area contributed by atoms with Crippen molar-refractivity contribution in [2.75, 3.05) is 49.6 Å². The Balaban J connectivity index is 1.36. The molecule has 8 nitrogen and oxygen atoms in total. The van der Waals surface area contributed by atoms with Gasteiger partial charge in [0, 0.05) is 38.9 Å². The SMILES string of the molecule is O=C(Nc1ccc(CN2CCOCC2)cc1N1CCCCC1)c1ccc(-c2cn[nH]c2)o1. The molecule has 0 bridgehead atoms. The van der Waals surface area contributed by atoms with E-state index in [1.807, 2.05) is 6.07 Å². The largest absolute Gasteiger partial charge is 0.451 e. The second-order valence-electron chi connectivity index (χ2n) is 8.39. The smallest absolute Gasteiger partial charge is 0.291 e. The third-order valence-corrected chi connectivity index (χ3v) is 6.13. The lowest BCUT2D eigenvalue weighted by Crippen LogP contribution is -2.35. The fourth-order valence-corrected chi connectivity index (χ4v) is 4.38. The van der Waals surface area contributed by atoms with E-state index in [9.17, 15) is 4.79 Å². The number of hydrogen-bond donors (Lipinski definition) is 2. The molecule has 2 aliphatic rings. The minimum Gasteiger partial charge on any atom is -0.451 e. The number of amides is 1. The number of anilines is 2. The Morgan fingerprint density at radius 3 is 2.69 bits per heavy atom. The molecular weight excluding hydrogens is 406 g/mol. The van der Waals surface area contributed by atoms with Crippen molar-refractivity contribution in [2.24, 2.45) is 0 Å². The first kappa shape index (κ1) is 20.8. The van der Waals surface area contributed by atoms with Crippen LogP contribution in [0.5, 0.6) is 0 Å². The van der Waals surface area contributed by atoms with Crippen LogP contribution in [-0.4, -0.2) is 60.4 Å².